The molecule has 0 fully saturated rings. The number of halogens is 3. The van der Waals surface area contributed by atoms with Crippen LogP contribution < -0.4 is 56.7 Å². The van der Waals surface area contributed by atoms with Crippen LogP contribution in [0.3, 0.4) is 0 Å². The van der Waals surface area contributed by atoms with Crippen molar-refractivity contribution in [2.45, 2.75) is 12.7 Å². The third kappa shape index (κ3) is 6.60. The van der Waals surface area contributed by atoms with Crippen LogP contribution >= 0.6 is 7.14 Å². The molecule has 0 heterocycles. The van der Waals surface area contributed by atoms with Gasteiger partial charge in [0.05, 0.1) is 0 Å². The second kappa shape index (κ2) is 6.92. The summed E-state index contributed by atoms with van der Waals surface area (Å²) in [5.74, 6) is 0. The summed E-state index contributed by atoms with van der Waals surface area (Å²) in [6.07, 6.45) is -0.887. The number of rotatable bonds is 4. The summed E-state index contributed by atoms with van der Waals surface area (Å²) in [6, 6.07) is 6.66. The third-order valence-corrected chi connectivity index (χ3v) is 3.91. The van der Waals surface area contributed by atoms with Crippen LogP contribution in [0.5, 0.6) is 0 Å². The summed E-state index contributed by atoms with van der Waals surface area (Å²) in [4.78, 5) is 0. The molecule has 0 spiro atoms. The van der Waals surface area contributed by atoms with Crippen LogP contribution in [0.25, 0.3) is 0 Å². The molecule has 0 aliphatic heterocycles. The fourth-order valence-electron chi connectivity index (χ4n) is 1.57. The SMILES string of the molecule is CP(C)(=O)c1ccccc1CC[B-](F)(F)F.[K+]. The molecule has 90 valence electrons. The maximum atomic E-state index is 12.2. The summed E-state index contributed by atoms with van der Waals surface area (Å²) < 4.78 is 48.4. The minimum atomic E-state index is -4.77. The molecule has 0 amide bonds. The Hall–Kier alpha value is 0.941. The topological polar surface area (TPSA) is 17.1 Å². The summed E-state index contributed by atoms with van der Waals surface area (Å²) in [5, 5.41) is 0.565. The smallest absolute Gasteiger partial charge is 0.449 e. The molecule has 7 heteroatoms. The second-order valence-corrected chi connectivity index (χ2v) is 7.41. The molecule has 1 rings (SSSR count). The molecule has 0 aliphatic carbocycles. The van der Waals surface area contributed by atoms with Crippen LogP contribution in [0.1, 0.15) is 5.56 Å². The predicted octanol–water partition coefficient (Wildman–Crippen LogP) is 0.329. The summed E-state index contributed by atoms with van der Waals surface area (Å²) in [5.41, 5.74) is 0.551. The Kier molecular flexibility index (Phi) is 7.30. The van der Waals surface area contributed by atoms with Gasteiger partial charge in [-0.1, -0.05) is 37.0 Å². The van der Waals surface area contributed by atoms with Crippen molar-refractivity contribution in [3.05, 3.63) is 29.8 Å². The summed E-state index contributed by atoms with van der Waals surface area (Å²) in [7, 11) is -2.50. The number of aryl methyl sites for hydroxylation is 1. The van der Waals surface area contributed by atoms with Gasteiger partial charge in [-0.3, -0.25) is 0 Å². The molecule has 0 aromatic heterocycles. The Morgan fingerprint density at radius 2 is 1.71 bits per heavy atom. The van der Waals surface area contributed by atoms with E-state index in [9.17, 15) is 17.5 Å². The van der Waals surface area contributed by atoms with Crippen molar-refractivity contribution in [3.8, 4) is 0 Å². The van der Waals surface area contributed by atoms with Gasteiger partial charge in [-0.25, -0.2) is 0 Å². The Morgan fingerprint density at radius 1 is 1.18 bits per heavy atom. The largest absolute Gasteiger partial charge is 1.00 e. The molecular weight excluding hydrogens is 274 g/mol. The van der Waals surface area contributed by atoms with Crippen molar-refractivity contribution in [3.63, 3.8) is 0 Å². The first-order valence-electron chi connectivity index (χ1n) is 5.04. The van der Waals surface area contributed by atoms with E-state index in [-0.39, 0.29) is 57.8 Å². The van der Waals surface area contributed by atoms with Crippen molar-refractivity contribution in [1.82, 2.24) is 0 Å². The van der Waals surface area contributed by atoms with Gasteiger partial charge in [0, 0.05) is 5.30 Å². The van der Waals surface area contributed by atoms with E-state index in [0.29, 0.717) is 10.9 Å². The van der Waals surface area contributed by atoms with E-state index in [1.807, 2.05) is 0 Å². The van der Waals surface area contributed by atoms with E-state index < -0.39 is 20.4 Å². The van der Waals surface area contributed by atoms with Gasteiger partial charge in [-0.15, -0.1) is 0 Å². The van der Waals surface area contributed by atoms with Crippen LogP contribution in [-0.4, -0.2) is 20.3 Å². The van der Waals surface area contributed by atoms with Gasteiger partial charge in [0.2, 0.25) is 0 Å². The van der Waals surface area contributed by atoms with Crippen molar-refractivity contribution in [2.75, 3.05) is 13.3 Å². The zero-order valence-corrected chi connectivity index (χ0v) is 14.3. The summed E-state index contributed by atoms with van der Waals surface area (Å²) >= 11 is 0. The third-order valence-electron chi connectivity index (χ3n) is 2.31. The zero-order valence-electron chi connectivity index (χ0n) is 10.3. The molecule has 17 heavy (non-hydrogen) atoms. The molecule has 1 nitrogen and oxygen atoms in total. The monoisotopic (exact) mass is 288 g/mol. The van der Waals surface area contributed by atoms with Crippen LogP contribution in [0, 0.1) is 0 Å². The van der Waals surface area contributed by atoms with Gasteiger partial charge in [-0.05, 0) is 18.9 Å². The number of hydrogen-bond acceptors (Lipinski definition) is 1. The fourth-order valence-corrected chi connectivity index (χ4v) is 2.89. The number of benzene rings is 1. The first kappa shape index (κ1) is 17.9. The van der Waals surface area contributed by atoms with E-state index in [1.165, 1.54) is 0 Å². The molecule has 0 saturated carbocycles. The molecule has 1 aromatic carbocycles. The van der Waals surface area contributed by atoms with Crippen molar-refractivity contribution >= 4 is 19.4 Å². The van der Waals surface area contributed by atoms with Gasteiger partial charge in [-0.2, -0.15) is 0 Å². The molecule has 0 bridgehead atoms. The van der Waals surface area contributed by atoms with E-state index in [0.717, 1.165) is 0 Å². The Balaban J connectivity index is 0.00000256. The predicted molar refractivity (Wildman–Crippen MR) is 63.1 cm³/mol. The van der Waals surface area contributed by atoms with E-state index in [4.69, 9.17) is 0 Å². The molecular formula is C10H14BF3KOP. The second-order valence-electron chi connectivity index (χ2n) is 4.23. The summed E-state index contributed by atoms with van der Waals surface area (Å²) in [6.45, 7) is -1.62. The van der Waals surface area contributed by atoms with Gasteiger partial charge in [0.15, 0.2) is 0 Å². The molecule has 0 radical (unpaired) electrons. The van der Waals surface area contributed by atoms with Crippen molar-refractivity contribution in [2.24, 2.45) is 0 Å². The normalized spacial score (nSPS) is 12.1. The molecule has 0 aliphatic rings. The quantitative estimate of drug-likeness (QED) is 0.576. The van der Waals surface area contributed by atoms with Gasteiger partial charge >= 0.3 is 58.4 Å². The van der Waals surface area contributed by atoms with Gasteiger partial charge in [0.1, 0.15) is 7.14 Å². The van der Waals surface area contributed by atoms with E-state index >= 15 is 0 Å². The Bertz CT molecular complexity index is 416. The van der Waals surface area contributed by atoms with Gasteiger partial charge < -0.3 is 17.5 Å². The van der Waals surface area contributed by atoms with Crippen molar-refractivity contribution in [1.29, 1.82) is 0 Å². The first-order valence-corrected chi connectivity index (χ1v) is 7.65. The maximum Gasteiger partial charge on any atom is 1.00 e. The standard InChI is InChI=1S/C10H14BF3OP.K/c1-16(2,15)10-6-4-3-5-9(10)7-8-11(12,13)14;/h3-6H,7-8H2,1-2H3;/q-1;+1. The first-order chi connectivity index (χ1) is 7.20. The average molecular weight is 288 g/mol. The molecule has 0 unspecified atom stereocenters. The van der Waals surface area contributed by atoms with Crippen LogP contribution in [0.2, 0.25) is 6.32 Å². The minimum Gasteiger partial charge on any atom is -0.449 e. The zero-order chi connectivity index (χ0) is 12.4. The van der Waals surface area contributed by atoms with Crippen LogP contribution in [0.15, 0.2) is 24.3 Å². The van der Waals surface area contributed by atoms with Crippen LogP contribution in [0.4, 0.5) is 12.9 Å². The molecule has 0 saturated heterocycles. The number of hydrogen-bond donors (Lipinski definition) is 0. The maximum absolute atomic E-state index is 12.2. The molecule has 0 N–H and O–H groups in total. The fraction of sp³-hybridized carbons (Fsp3) is 0.400. The molecule has 0 atom stereocenters. The Morgan fingerprint density at radius 3 is 2.18 bits per heavy atom. The van der Waals surface area contributed by atoms with Gasteiger partial charge in [0.25, 0.3) is 0 Å². The van der Waals surface area contributed by atoms with Crippen molar-refractivity contribution < 1.29 is 68.9 Å². The minimum absolute atomic E-state index is 0. The van der Waals surface area contributed by atoms with E-state index in [1.54, 1.807) is 37.6 Å². The van der Waals surface area contributed by atoms with Crippen LogP contribution in [-0.2, 0) is 11.0 Å². The van der Waals surface area contributed by atoms with E-state index in [2.05, 4.69) is 0 Å². The average Bonchev–Trinajstić information content (AvgIpc) is 2.12. The molecule has 1 aromatic rings. The Labute approximate surface area is 142 Å².